The largest absolute Gasteiger partial charge is 0.330 e. The fourth-order valence-corrected chi connectivity index (χ4v) is 1.65. The van der Waals surface area contributed by atoms with Crippen LogP contribution in [-0.2, 0) is 6.42 Å². The minimum atomic E-state index is 0.531. The Kier molecular flexibility index (Phi) is 3.31. The molecule has 6 heteroatoms. The summed E-state index contributed by atoms with van der Waals surface area (Å²) in [5.41, 5.74) is 7.48. The maximum Gasteiger partial charge on any atom is 0.176 e. The normalized spacial score (nSPS) is 10.7. The van der Waals surface area contributed by atoms with Crippen molar-refractivity contribution >= 4 is 15.9 Å². The Labute approximate surface area is 102 Å². The number of hydrogen-bond donors (Lipinski definition) is 1. The smallest absolute Gasteiger partial charge is 0.176 e. The lowest BCUT2D eigenvalue weighted by atomic mass is 10.2. The Morgan fingerprint density at radius 2 is 2.25 bits per heavy atom. The summed E-state index contributed by atoms with van der Waals surface area (Å²) in [6.07, 6.45) is 0.646. The molecule has 5 nitrogen and oxygen atoms in total. The lowest BCUT2D eigenvalue weighted by Gasteiger charge is -2.01. The molecule has 0 saturated carbocycles. The molecule has 0 unspecified atom stereocenters. The summed E-state index contributed by atoms with van der Waals surface area (Å²) in [7, 11) is 0. The molecule has 0 aliphatic rings. The average molecular weight is 282 g/mol. The summed E-state index contributed by atoms with van der Waals surface area (Å²) in [6, 6.07) is 5.92. The summed E-state index contributed by atoms with van der Waals surface area (Å²) in [4.78, 5) is 1.51. The minimum absolute atomic E-state index is 0.531. The van der Waals surface area contributed by atoms with Crippen LogP contribution < -0.4 is 5.73 Å². The number of rotatable bonds is 3. The van der Waals surface area contributed by atoms with Gasteiger partial charge >= 0.3 is 0 Å². The zero-order valence-corrected chi connectivity index (χ0v) is 10.5. The first-order chi connectivity index (χ1) is 7.70. The maximum absolute atomic E-state index is 5.43. The Morgan fingerprint density at radius 1 is 1.44 bits per heavy atom. The van der Waals surface area contributed by atoms with Crippen molar-refractivity contribution in [3.63, 3.8) is 0 Å². The molecule has 0 bridgehead atoms. The van der Waals surface area contributed by atoms with Crippen molar-refractivity contribution in [1.82, 2.24) is 20.2 Å². The Bertz CT molecular complexity index is 494. The first kappa shape index (κ1) is 11.2. The van der Waals surface area contributed by atoms with E-state index in [9.17, 15) is 0 Å². The SMILES string of the molecule is Cc1ccc(-n2nnc(CCN)n2)cc1Br. The van der Waals surface area contributed by atoms with Gasteiger partial charge in [0.2, 0.25) is 0 Å². The second-order valence-electron chi connectivity index (χ2n) is 3.47. The predicted molar refractivity (Wildman–Crippen MR) is 64.3 cm³/mol. The summed E-state index contributed by atoms with van der Waals surface area (Å²) in [6.45, 7) is 2.56. The van der Waals surface area contributed by atoms with Gasteiger partial charge in [-0.15, -0.1) is 15.0 Å². The van der Waals surface area contributed by atoms with Gasteiger partial charge in [-0.2, -0.15) is 0 Å². The molecule has 1 aromatic carbocycles. The molecule has 2 rings (SSSR count). The third kappa shape index (κ3) is 2.28. The van der Waals surface area contributed by atoms with Gasteiger partial charge in [-0.1, -0.05) is 22.0 Å². The van der Waals surface area contributed by atoms with Crippen molar-refractivity contribution < 1.29 is 0 Å². The predicted octanol–water partition coefficient (Wildman–Crippen LogP) is 1.23. The van der Waals surface area contributed by atoms with E-state index in [4.69, 9.17) is 5.73 Å². The van der Waals surface area contributed by atoms with E-state index in [1.807, 2.05) is 25.1 Å². The molecule has 0 aliphatic heterocycles. The molecule has 16 heavy (non-hydrogen) atoms. The van der Waals surface area contributed by atoms with E-state index >= 15 is 0 Å². The summed E-state index contributed by atoms with van der Waals surface area (Å²) >= 11 is 3.47. The van der Waals surface area contributed by atoms with Gasteiger partial charge in [-0.3, -0.25) is 0 Å². The molecular weight excluding hydrogens is 270 g/mol. The van der Waals surface area contributed by atoms with E-state index in [-0.39, 0.29) is 0 Å². The zero-order valence-electron chi connectivity index (χ0n) is 8.89. The van der Waals surface area contributed by atoms with Gasteiger partial charge in [-0.05, 0) is 36.4 Å². The molecule has 0 saturated heterocycles. The Balaban J connectivity index is 2.31. The number of nitrogens with two attached hydrogens (primary N) is 1. The molecule has 0 amide bonds. The van der Waals surface area contributed by atoms with Crippen molar-refractivity contribution in [2.75, 3.05) is 6.54 Å². The number of nitrogens with zero attached hydrogens (tertiary/aromatic N) is 4. The molecular formula is C10H12BrN5. The van der Waals surface area contributed by atoms with Crippen LogP contribution in [0.2, 0.25) is 0 Å². The first-order valence-corrected chi connectivity index (χ1v) is 5.75. The van der Waals surface area contributed by atoms with Crippen LogP contribution in [-0.4, -0.2) is 26.8 Å². The van der Waals surface area contributed by atoms with Crippen LogP contribution >= 0.6 is 15.9 Å². The molecule has 0 fully saturated rings. The van der Waals surface area contributed by atoms with Crippen LogP contribution in [0.1, 0.15) is 11.4 Å². The van der Waals surface area contributed by atoms with Crippen LogP contribution in [0.5, 0.6) is 0 Å². The van der Waals surface area contributed by atoms with Gasteiger partial charge in [0.15, 0.2) is 5.82 Å². The summed E-state index contributed by atoms with van der Waals surface area (Å²) in [5, 5.41) is 12.1. The fraction of sp³-hybridized carbons (Fsp3) is 0.300. The maximum atomic E-state index is 5.43. The lowest BCUT2D eigenvalue weighted by Crippen LogP contribution is -2.05. The van der Waals surface area contributed by atoms with Gasteiger partial charge in [0, 0.05) is 10.9 Å². The van der Waals surface area contributed by atoms with Gasteiger partial charge in [-0.25, -0.2) is 0 Å². The van der Waals surface area contributed by atoms with Crippen molar-refractivity contribution in [3.8, 4) is 5.69 Å². The quantitative estimate of drug-likeness (QED) is 0.919. The summed E-state index contributed by atoms with van der Waals surface area (Å²) < 4.78 is 1.03. The lowest BCUT2D eigenvalue weighted by molar-refractivity contribution is 0.716. The van der Waals surface area contributed by atoms with E-state index in [1.54, 1.807) is 0 Å². The third-order valence-corrected chi connectivity index (χ3v) is 3.06. The molecule has 0 radical (unpaired) electrons. The topological polar surface area (TPSA) is 69.6 Å². The molecule has 1 aromatic heterocycles. The van der Waals surface area contributed by atoms with E-state index < -0.39 is 0 Å². The number of benzene rings is 1. The number of tetrazole rings is 1. The zero-order chi connectivity index (χ0) is 11.5. The monoisotopic (exact) mass is 281 g/mol. The van der Waals surface area contributed by atoms with Crippen molar-refractivity contribution in [2.24, 2.45) is 5.73 Å². The van der Waals surface area contributed by atoms with Crippen molar-refractivity contribution in [1.29, 1.82) is 0 Å². The van der Waals surface area contributed by atoms with Crippen LogP contribution in [0.4, 0.5) is 0 Å². The molecule has 1 heterocycles. The highest BCUT2D eigenvalue weighted by atomic mass is 79.9. The highest BCUT2D eigenvalue weighted by Crippen LogP contribution is 2.18. The van der Waals surface area contributed by atoms with E-state index in [0.717, 1.165) is 10.2 Å². The Hall–Kier alpha value is -1.27. The van der Waals surface area contributed by atoms with E-state index in [0.29, 0.717) is 18.8 Å². The molecule has 0 spiro atoms. The number of hydrogen-bond acceptors (Lipinski definition) is 4. The number of aryl methyl sites for hydroxylation is 1. The second-order valence-corrected chi connectivity index (χ2v) is 4.32. The molecule has 0 aliphatic carbocycles. The number of aromatic nitrogens is 4. The van der Waals surface area contributed by atoms with Gasteiger partial charge in [0.1, 0.15) is 0 Å². The minimum Gasteiger partial charge on any atom is -0.330 e. The molecule has 0 atom stereocenters. The van der Waals surface area contributed by atoms with Crippen LogP contribution in [0.15, 0.2) is 22.7 Å². The molecule has 2 N–H and O–H groups in total. The van der Waals surface area contributed by atoms with Gasteiger partial charge in [0.05, 0.1) is 5.69 Å². The summed E-state index contributed by atoms with van der Waals surface area (Å²) in [5.74, 6) is 0.666. The van der Waals surface area contributed by atoms with Crippen molar-refractivity contribution in [3.05, 3.63) is 34.1 Å². The molecule has 2 aromatic rings. The van der Waals surface area contributed by atoms with Crippen LogP contribution in [0.25, 0.3) is 5.69 Å². The third-order valence-electron chi connectivity index (χ3n) is 2.21. The van der Waals surface area contributed by atoms with E-state index in [2.05, 4.69) is 31.3 Å². The molecule has 84 valence electrons. The highest BCUT2D eigenvalue weighted by molar-refractivity contribution is 9.10. The average Bonchev–Trinajstić information content (AvgIpc) is 2.71. The first-order valence-electron chi connectivity index (χ1n) is 4.96. The fourth-order valence-electron chi connectivity index (χ4n) is 1.29. The standard InChI is InChI=1S/C10H12BrN5/c1-7-2-3-8(6-9(7)11)16-14-10(4-5-12)13-15-16/h2-3,6H,4-5,12H2,1H3. The van der Waals surface area contributed by atoms with Gasteiger partial charge < -0.3 is 5.73 Å². The number of halogens is 1. The second kappa shape index (κ2) is 4.71. The van der Waals surface area contributed by atoms with Gasteiger partial charge in [0.25, 0.3) is 0 Å². The van der Waals surface area contributed by atoms with Crippen molar-refractivity contribution in [2.45, 2.75) is 13.3 Å². The van der Waals surface area contributed by atoms with E-state index in [1.165, 1.54) is 10.4 Å². The highest BCUT2D eigenvalue weighted by Gasteiger charge is 2.05. The van der Waals surface area contributed by atoms with Crippen LogP contribution in [0, 0.1) is 6.92 Å². The Morgan fingerprint density at radius 3 is 2.94 bits per heavy atom. The van der Waals surface area contributed by atoms with Crippen LogP contribution in [0.3, 0.4) is 0 Å².